The Morgan fingerprint density at radius 3 is 2.21 bits per heavy atom. The Hall–Kier alpha value is -0.780. The summed E-state index contributed by atoms with van der Waals surface area (Å²) in [7, 11) is 0. The zero-order valence-corrected chi connectivity index (χ0v) is 24.0. The van der Waals surface area contributed by atoms with E-state index in [2.05, 4.69) is 80.2 Å². The van der Waals surface area contributed by atoms with Gasteiger partial charge in [0.15, 0.2) is 0 Å². The average Bonchev–Trinajstić information content (AvgIpc) is 2.80. The fourth-order valence-electron chi connectivity index (χ4n) is 6.86. The molecule has 1 saturated carbocycles. The predicted octanol–water partition coefficient (Wildman–Crippen LogP) is 11.3. The van der Waals surface area contributed by atoms with Gasteiger partial charge in [0.25, 0.3) is 0 Å². The second kappa shape index (κ2) is 16.0. The van der Waals surface area contributed by atoms with Gasteiger partial charge in [0.1, 0.15) is 0 Å². The van der Waals surface area contributed by atoms with Gasteiger partial charge >= 0.3 is 0 Å². The van der Waals surface area contributed by atoms with E-state index in [0.29, 0.717) is 11.3 Å². The molecule has 0 aromatic carbocycles. The van der Waals surface area contributed by atoms with Crippen LogP contribution < -0.4 is 0 Å². The normalized spacial score (nSPS) is 24.5. The Bertz CT molecular complexity index is 587. The Labute approximate surface area is 209 Å². The molecule has 0 amide bonds. The lowest BCUT2D eigenvalue weighted by molar-refractivity contribution is -0.00724. The first kappa shape index (κ1) is 30.3. The SMILES string of the molecule is C=CC(CCCC)C(CCCCC(C)=CC)C(CCC1CCC1(CC)CC(C)C)C(C)=CC. The summed E-state index contributed by atoms with van der Waals surface area (Å²) in [6.45, 7) is 23.1. The number of hydrogen-bond acceptors (Lipinski definition) is 0. The number of unbranched alkanes of at least 4 members (excludes halogenated alkanes) is 2. The standard InChI is InChI=1S/C33H60/c1-10-15-19-29(13-4)32(20-17-16-18-27(8)11-2)31(28(9)12-3)22-21-30-23-24-33(30,14-5)25-26(6)7/h11-13,26,29-32H,4,10,14-25H2,1-3,5-9H3. The molecule has 1 aliphatic carbocycles. The molecule has 1 fully saturated rings. The maximum absolute atomic E-state index is 4.34. The van der Waals surface area contributed by atoms with Crippen LogP contribution in [0.4, 0.5) is 0 Å². The maximum atomic E-state index is 4.34. The van der Waals surface area contributed by atoms with Crippen LogP contribution in [-0.2, 0) is 0 Å². The van der Waals surface area contributed by atoms with Crippen molar-refractivity contribution in [1.82, 2.24) is 0 Å². The van der Waals surface area contributed by atoms with Crippen LogP contribution in [0.15, 0.2) is 36.0 Å². The van der Waals surface area contributed by atoms with E-state index in [1.165, 1.54) is 83.5 Å². The zero-order chi connectivity index (χ0) is 24.9. The molecule has 0 radical (unpaired) electrons. The van der Waals surface area contributed by atoms with Crippen LogP contribution in [0.3, 0.4) is 0 Å². The van der Waals surface area contributed by atoms with E-state index in [-0.39, 0.29) is 0 Å². The summed E-state index contributed by atoms with van der Waals surface area (Å²) in [4.78, 5) is 0. The van der Waals surface area contributed by atoms with Crippen molar-refractivity contribution in [3.63, 3.8) is 0 Å². The first-order chi connectivity index (χ1) is 15.8. The molecule has 1 aliphatic rings. The van der Waals surface area contributed by atoms with Crippen molar-refractivity contribution in [3.8, 4) is 0 Å². The minimum absolute atomic E-state index is 0.641. The minimum atomic E-state index is 0.641. The van der Waals surface area contributed by atoms with Crippen molar-refractivity contribution in [2.75, 3.05) is 0 Å². The van der Waals surface area contributed by atoms with E-state index in [0.717, 1.165) is 23.7 Å². The monoisotopic (exact) mass is 456 g/mol. The second-order valence-corrected chi connectivity index (χ2v) is 11.9. The first-order valence-corrected chi connectivity index (χ1v) is 14.7. The summed E-state index contributed by atoms with van der Waals surface area (Å²) >= 11 is 0. The van der Waals surface area contributed by atoms with Crippen LogP contribution in [-0.4, -0.2) is 0 Å². The topological polar surface area (TPSA) is 0 Å². The van der Waals surface area contributed by atoms with Gasteiger partial charge in [-0.2, -0.15) is 0 Å². The summed E-state index contributed by atoms with van der Waals surface area (Å²) in [6, 6.07) is 0. The molecular weight excluding hydrogens is 396 g/mol. The van der Waals surface area contributed by atoms with Gasteiger partial charge in [-0.15, -0.1) is 6.58 Å². The first-order valence-electron chi connectivity index (χ1n) is 14.7. The molecule has 1 rings (SSSR count). The molecule has 0 aliphatic heterocycles. The third-order valence-corrected chi connectivity index (χ3v) is 9.35. The summed E-state index contributed by atoms with van der Waals surface area (Å²) in [6.07, 6.45) is 24.9. The van der Waals surface area contributed by atoms with E-state index in [4.69, 9.17) is 0 Å². The van der Waals surface area contributed by atoms with E-state index in [1.807, 2.05) is 0 Å². The fourth-order valence-corrected chi connectivity index (χ4v) is 6.86. The van der Waals surface area contributed by atoms with Gasteiger partial charge in [-0.1, -0.05) is 82.8 Å². The molecule has 0 nitrogen and oxygen atoms in total. The van der Waals surface area contributed by atoms with Crippen molar-refractivity contribution in [2.45, 2.75) is 139 Å². The Kier molecular flexibility index (Phi) is 14.7. The molecule has 0 bridgehead atoms. The van der Waals surface area contributed by atoms with Gasteiger partial charge in [-0.3, -0.25) is 0 Å². The van der Waals surface area contributed by atoms with Crippen LogP contribution in [0, 0.1) is 35.0 Å². The van der Waals surface area contributed by atoms with Crippen LogP contribution >= 0.6 is 0 Å². The largest absolute Gasteiger partial charge is 0.103 e. The van der Waals surface area contributed by atoms with E-state index < -0.39 is 0 Å². The maximum Gasteiger partial charge on any atom is -0.0172 e. The predicted molar refractivity (Wildman–Crippen MR) is 152 cm³/mol. The van der Waals surface area contributed by atoms with Crippen LogP contribution in [0.5, 0.6) is 0 Å². The summed E-state index contributed by atoms with van der Waals surface area (Å²) in [5.74, 6) is 3.94. The number of hydrogen-bond donors (Lipinski definition) is 0. The number of allylic oxidation sites excluding steroid dienone is 5. The Balaban J connectivity index is 2.99. The van der Waals surface area contributed by atoms with Gasteiger partial charge < -0.3 is 0 Å². The third kappa shape index (κ3) is 9.41. The van der Waals surface area contributed by atoms with Gasteiger partial charge in [-0.05, 0) is 120 Å². The lowest BCUT2D eigenvalue weighted by Crippen LogP contribution is -2.41. The quantitative estimate of drug-likeness (QED) is 0.142. The van der Waals surface area contributed by atoms with Gasteiger partial charge in [0, 0.05) is 0 Å². The third-order valence-electron chi connectivity index (χ3n) is 9.35. The summed E-state index contributed by atoms with van der Waals surface area (Å²) in [5, 5.41) is 0. The smallest absolute Gasteiger partial charge is 0.0172 e. The molecule has 192 valence electrons. The lowest BCUT2D eigenvalue weighted by Gasteiger charge is -2.51. The highest BCUT2D eigenvalue weighted by Gasteiger charge is 2.45. The molecule has 0 aromatic rings. The molecule has 0 spiro atoms. The summed E-state index contributed by atoms with van der Waals surface area (Å²) in [5.41, 5.74) is 3.82. The van der Waals surface area contributed by atoms with Gasteiger partial charge in [-0.25, -0.2) is 0 Å². The van der Waals surface area contributed by atoms with E-state index >= 15 is 0 Å². The lowest BCUT2D eigenvalue weighted by atomic mass is 9.54. The molecule has 0 N–H and O–H groups in total. The average molecular weight is 457 g/mol. The zero-order valence-electron chi connectivity index (χ0n) is 24.0. The Morgan fingerprint density at radius 1 is 1.00 bits per heavy atom. The van der Waals surface area contributed by atoms with Crippen LogP contribution in [0.25, 0.3) is 0 Å². The minimum Gasteiger partial charge on any atom is -0.103 e. The highest BCUT2D eigenvalue weighted by Crippen LogP contribution is 2.56. The second-order valence-electron chi connectivity index (χ2n) is 11.9. The molecule has 0 heterocycles. The molecule has 5 unspecified atom stereocenters. The van der Waals surface area contributed by atoms with Crippen LogP contribution in [0.2, 0.25) is 0 Å². The molecular formula is C33H60. The van der Waals surface area contributed by atoms with Crippen molar-refractivity contribution in [1.29, 1.82) is 0 Å². The van der Waals surface area contributed by atoms with Crippen LogP contribution in [0.1, 0.15) is 139 Å². The fraction of sp³-hybridized carbons (Fsp3) is 0.818. The van der Waals surface area contributed by atoms with Crippen molar-refractivity contribution in [2.24, 2.45) is 35.0 Å². The van der Waals surface area contributed by atoms with Crippen molar-refractivity contribution >= 4 is 0 Å². The Morgan fingerprint density at radius 2 is 1.73 bits per heavy atom. The molecule has 5 atom stereocenters. The van der Waals surface area contributed by atoms with Gasteiger partial charge in [0.2, 0.25) is 0 Å². The molecule has 0 saturated heterocycles. The molecule has 0 heteroatoms. The molecule has 0 aromatic heterocycles. The highest BCUT2D eigenvalue weighted by atomic mass is 14.5. The van der Waals surface area contributed by atoms with Crippen molar-refractivity contribution in [3.05, 3.63) is 36.0 Å². The molecule has 33 heavy (non-hydrogen) atoms. The van der Waals surface area contributed by atoms with Gasteiger partial charge in [0.05, 0.1) is 0 Å². The van der Waals surface area contributed by atoms with E-state index in [9.17, 15) is 0 Å². The summed E-state index contributed by atoms with van der Waals surface area (Å²) < 4.78 is 0. The van der Waals surface area contributed by atoms with E-state index in [1.54, 1.807) is 11.1 Å². The highest BCUT2D eigenvalue weighted by molar-refractivity contribution is 5.07. The van der Waals surface area contributed by atoms with Crippen molar-refractivity contribution < 1.29 is 0 Å². The number of rotatable bonds is 18.